The topological polar surface area (TPSA) is 56.5 Å². The van der Waals surface area contributed by atoms with Crippen LogP contribution in [-0.2, 0) is 0 Å². The van der Waals surface area contributed by atoms with Gasteiger partial charge in [-0.05, 0) is 24.3 Å². The van der Waals surface area contributed by atoms with E-state index < -0.39 is 0 Å². The average Bonchev–Trinajstić information content (AvgIpc) is 2.75. The standard InChI is InChI=1S/C10H5BrClN5/c11-6-1-3-7(4-2-6)17-10-8(15-16-17)9(12)13-5-14-10/h1-5H. The van der Waals surface area contributed by atoms with Gasteiger partial charge in [0.05, 0.1) is 5.69 Å². The number of hydrogen-bond acceptors (Lipinski definition) is 4. The summed E-state index contributed by atoms with van der Waals surface area (Å²) in [5.74, 6) is 0. The van der Waals surface area contributed by atoms with Crippen LogP contribution in [0.2, 0.25) is 5.15 Å². The molecule has 0 aliphatic heterocycles. The molecule has 3 rings (SSSR count). The molecular formula is C10H5BrClN5. The van der Waals surface area contributed by atoms with Gasteiger partial charge in [0, 0.05) is 4.47 Å². The Kier molecular flexibility index (Phi) is 2.53. The van der Waals surface area contributed by atoms with E-state index in [0.29, 0.717) is 16.3 Å². The zero-order chi connectivity index (χ0) is 11.8. The first-order chi connectivity index (χ1) is 8.25. The average molecular weight is 311 g/mol. The Morgan fingerprint density at radius 1 is 1.12 bits per heavy atom. The van der Waals surface area contributed by atoms with Gasteiger partial charge in [0.25, 0.3) is 0 Å². The molecule has 0 aliphatic rings. The smallest absolute Gasteiger partial charge is 0.188 e. The van der Waals surface area contributed by atoms with E-state index >= 15 is 0 Å². The van der Waals surface area contributed by atoms with E-state index in [1.165, 1.54) is 6.33 Å². The van der Waals surface area contributed by atoms with Crippen molar-refractivity contribution in [3.63, 3.8) is 0 Å². The summed E-state index contributed by atoms with van der Waals surface area (Å²) in [6.45, 7) is 0. The van der Waals surface area contributed by atoms with E-state index in [2.05, 4.69) is 36.2 Å². The summed E-state index contributed by atoms with van der Waals surface area (Å²) in [6.07, 6.45) is 1.39. The highest BCUT2D eigenvalue weighted by Gasteiger charge is 2.10. The molecule has 0 amide bonds. The molecule has 0 spiro atoms. The lowest BCUT2D eigenvalue weighted by molar-refractivity contribution is 0.817. The number of hydrogen-bond donors (Lipinski definition) is 0. The van der Waals surface area contributed by atoms with Crippen LogP contribution in [0.5, 0.6) is 0 Å². The highest BCUT2D eigenvalue weighted by molar-refractivity contribution is 9.10. The summed E-state index contributed by atoms with van der Waals surface area (Å²) in [5, 5.41) is 8.29. The molecule has 0 aliphatic carbocycles. The van der Waals surface area contributed by atoms with E-state index in [9.17, 15) is 0 Å². The third-order valence-corrected chi connectivity index (χ3v) is 3.07. The third-order valence-electron chi connectivity index (χ3n) is 2.26. The maximum absolute atomic E-state index is 5.91. The van der Waals surface area contributed by atoms with Gasteiger partial charge in [-0.2, -0.15) is 4.68 Å². The van der Waals surface area contributed by atoms with Crippen molar-refractivity contribution in [1.82, 2.24) is 25.0 Å². The summed E-state index contributed by atoms with van der Waals surface area (Å²) in [7, 11) is 0. The first-order valence-corrected chi connectivity index (χ1v) is 5.90. The molecule has 7 heteroatoms. The molecule has 2 aromatic heterocycles. The van der Waals surface area contributed by atoms with E-state index in [1.807, 2.05) is 24.3 Å². The molecule has 1 aromatic carbocycles. The van der Waals surface area contributed by atoms with Gasteiger partial charge < -0.3 is 0 Å². The predicted octanol–water partition coefficient (Wildman–Crippen LogP) is 2.63. The molecule has 0 radical (unpaired) electrons. The Morgan fingerprint density at radius 2 is 1.88 bits per heavy atom. The fraction of sp³-hybridized carbons (Fsp3) is 0. The molecule has 0 fully saturated rings. The van der Waals surface area contributed by atoms with Crippen molar-refractivity contribution in [2.24, 2.45) is 0 Å². The fourth-order valence-corrected chi connectivity index (χ4v) is 1.91. The monoisotopic (exact) mass is 309 g/mol. The first kappa shape index (κ1) is 10.6. The van der Waals surface area contributed by atoms with Gasteiger partial charge in [-0.3, -0.25) is 0 Å². The van der Waals surface area contributed by atoms with Gasteiger partial charge in [-0.1, -0.05) is 32.7 Å². The molecule has 0 atom stereocenters. The molecule has 0 saturated carbocycles. The van der Waals surface area contributed by atoms with Gasteiger partial charge in [-0.15, -0.1) is 5.10 Å². The second-order valence-corrected chi connectivity index (χ2v) is 4.59. The van der Waals surface area contributed by atoms with Crippen LogP contribution in [0, 0.1) is 0 Å². The van der Waals surface area contributed by atoms with Gasteiger partial charge in [0.15, 0.2) is 16.3 Å². The van der Waals surface area contributed by atoms with Gasteiger partial charge in [0.1, 0.15) is 6.33 Å². The second kappa shape index (κ2) is 4.05. The van der Waals surface area contributed by atoms with Crippen LogP contribution in [0.4, 0.5) is 0 Å². The zero-order valence-corrected chi connectivity index (χ0v) is 10.7. The number of fused-ring (bicyclic) bond motifs is 1. The van der Waals surface area contributed by atoms with E-state index in [0.717, 1.165) is 10.2 Å². The molecular weight excluding hydrogens is 306 g/mol. The summed E-state index contributed by atoms with van der Waals surface area (Å²) in [4.78, 5) is 7.99. The normalized spacial score (nSPS) is 10.9. The molecule has 17 heavy (non-hydrogen) atoms. The highest BCUT2D eigenvalue weighted by atomic mass is 79.9. The van der Waals surface area contributed by atoms with Crippen LogP contribution in [0.15, 0.2) is 35.1 Å². The molecule has 0 saturated heterocycles. The van der Waals surface area contributed by atoms with Crippen molar-refractivity contribution >= 4 is 38.7 Å². The number of halogens is 2. The van der Waals surface area contributed by atoms with Crippen LogP contribution < -0.4 is 0 Å². The minimum Gasteiger partial charge on any atom is -0.222 e. The van der Waals surface area contributed by atoms with Crippen molar-refractivity contribution < 1.29 is 0 Å². The van der Waals surface area contributed by atoms with Crippen molar-refractivity contribution in [1.29, 1.82) is 0 Å². The number of rotatable bonds is 1. The van der Waals surface area contributed by atoms with Crippen LogP contribution in [-0.4, -0.2) is 25.0 Å². The van der Waals surface area contributed by atoms with Crippen molar-refractivity contribution in [2.45, 2.75) is 0 Å². The SMILES string of the molecule is Clc1ncnc2c1nnn2-c1ccc(Br)cc1. The lowest BCUT2D eigenvalue weighted by Crippen LogP contribution is -1.97. The maximum Gasteiger partial charge on any atom is 0.188 e. The minimum absolute atomic E-state index is 0.304. The molecule has 3 aromatic rings. The van der Waals surface area contributed by atoms with E-state index in [1.54, 1.807) is 4.68 Å². The predicted molar refractivity (Wildman–Crippen MR) is 67.2 cm³/mol. The van der Waals surface area contributed by atoms with Crippen molar-refractivity contribution in [2.75, 3.05) is 0 Å². The molecule has 5 nitrogen and oxygen atoms in total. The molecule has 84 valence electrons. The first-order valence-electron chi connectivity index (χ1n) is 4.73. The fourth-order valence-electron chi connectivity index (χ4n) is 1.48. The second-order valence-electron chi connectivity index (χ2n) is 3.31. The lowest BCUT2D eigenvalue weighted by Gasteiger charge is -2.00. The van der Waals surface area contributed by atoms with Gasteiger partial charge in [-0.25, -0.2) is 9.97 Å². The number of aromatic nitrogens is 5. The van der Waals surface area contributed by atoms with Gasteiger partial charge >= 0.3 is 0 Å². The van der Waals surface area contributed by atoms with Crippen molar-refractivity contribution in [3.05, 3.63) is 40.2 Å². The summed E-state index contributed by atoms with van der Waals surface area (Å²) in [6, 6.07) is 7.67. The van der Waals surface area contributed by atoms with E-state index in [4.69, 9.17) is 11.6 Å². The summed E-state index contributed by atoms with van der Waals surface area (Å²) in [5.41, 5.74) is 1.95. The molecule has 0 unspecified atom stereocenters. The molecule has 0 N–H and O–H groups in total. The maximum atomic E-state index is 5.91. The number of benzene rings is 1. The summed E-state index contributed by atoms with van der Waals surface area (Å²) >= 11 is 9.29. The van der Waals surface area contributed by atoms with Crippen LogP contribution in [0.1, 0.15) is 0 Å². The Balaban J connectivity index is 2.24. The third kappa shape index (κ3) is 1.79. The Hall–Kier alpha value is -1.53. The Bertz CT molecular complexity index is 679. The summed E-state index contributed by atoms with van der Waals surface area (Å²) < 4.78 is 2.62. The number of nitrogens with zero attached hydrogens (tertiary/aromatic N) is 5. The quantitative estimate of drug-likeness (QED) is 0.648. The zero-order valence-electron chi connectivity index (χ0n) is 8.38. The Morgan fingerprint density at radius 3 is 2.65 bits per heavy atom. The molecule has 2 heterocycles. The minimum atomic E-state index is 0.304. The van der Waals surface area contributed by atoms with Crippen molar-refractivity contribution in [3.8, 4) is 5.69 Å². The van der Waals surface area contributed by atoms with Crippen LogP contribution in [0.3, 0.4) is 0 Å². The molecule has 0 bridgehead atoms. The van der Waals surface area contributed by atoms with Crippen LogP contribution >= 0.6 is 27.5 Å². The van der Waals surface area contributed by atoms with Crippen LogP contribution in [0.25, 0.3) is 16.9 Å². The van der Waals surface area contributed by atoms with E-state index in [-0.39, 0.29) is 0 Å². The lowest BCUT2D eigenvalue weighted by atomic mass is 10.3. The largest absolute Gasteiger partial charge is 0.222 e. The van der Waals surface area contributed by atoms with Gasteiger partial charge in [0.2, 0.25) is 0 Å². The Labute approximate surface area is 110 Å². The highest BCUT2D eigenvalue weighted by Crippen LogP contribution is 2.20.